The molecule has 0 spiro atoms. The molecule has 0 atom stereocenters. The van der Waals surface area contributed by atoms with Crippen molar-refractivity contribution >= 4 is 11.4 Å². The first-order valence-electron chi connectivity index (χ1n) is 4.05. The Morgan fingerprint density at radius 2 is 1.47 bits per heavy atom. The standard InChI is InChI=1S/C8H7F5N2O2/c9-7(10,8(11,12)13)4-5(15)3(16)1-2(14)6(4)17/h1,16-17H,14-15H2. The van der Waals surface area contributed by atoms with Crippen molar-refractivity contribution in [2.45, 2.75) is 12.1 Å². The van der Waals surface area contributed by atoms with Gasteiger partial charge in [-0.05, 0) is 0 Å². The van der Waals surface area contributed by atoms with Gasteiger partial charge in [0, 0.05) is 6.07 Å². The van der Waals surface area contributed by atoms with Gasteiger partial charge >= 0.3 is 12.1 Å². The van der Waals surface area contributed by atoms with E-state index in [-0.39, 0.29) is 0 Å². The van der Waals surface area contributed by atoms with Crippen LogP contribution in [0.5, 0.6) is 11.5 Å². The van der Waals surface area contributed by atoms with Crippen LogP contribution >= 0.6 is 0 Å². The number of anilines is 2. The molecule has 0 heterocycles. The molecule has 0 aliphatic heterocycles. The van der Waals surface area contributed by atoms with E-state index in [1.54, 1.807) is 0 Å². The molecule has 0 aromatic heterocycles. The molecular formula is C8H7F5N2O2. The summed E-state index contributed by atoms with van der Waals surface area (Å²) in [6.07, 6.45) is -5.97. The Bertz CT molecular complexity index is 432. The van der Waals surface area contributed by atoms with Gasteiger partial charge in [-0.3, -0.25) is 0 Å². The minimum Gasteiger partial charge on any atom is -0.506 e. The number of nitrogens with two attached hydrogens (primary N) is 2. The predicted octanol–water partition coefficient (Wildman–Crippen LogP) is 1.92. The van der Waals surface area contributed by atoms with Gasteiger partial charge in [0.2, 0.25) is 0 Å². The van der Waals surface area contributed by atoms with E-state index in [0.29, 0.717) is 6.07 Å². The third-order valence-electron chi connectivity index (χ3n) is 2.02. The molecule has 1 aromatic carbocycles. The van der Waals surface area contributed by atoms with Crippen LogP contribution in [0.4, 0.5) is 33.3 Å². The maximum absolute atomic E-state index is 13.0. The predicted molar refractivity (Wildman–Crippen MR) is 48.5 cm³/mol. The van der Waals surface area contributed by atoms with E-state index >= 15 is 0 Å². The maximum Gasteiger partial charge on any atom is 0.458 e. The lowest BCUT2D eigenvalue weighted by Gasteiger charge is -2.23. The summed E-state index contributed by atoms with van der Waals surface area (Å²) in [5, 5.41) is 18.1. The highest BCUT2D eigenvalue weighted by Gasteiger charge is 2.61. The second kappa shape index (κ2) is 3.54. The van der Waals surface area contributed by atoms with Crippen molar-refractivity contribution in [3.63, 3.8) is 0 Å². The van der Waals surface area contributed by atoms with Crippen molar-refractivity contribution < 1.29 is 32.2 Å². The summed E-state index contributed by atoms with van der Waals surface area (Å²) in [4.78, 5) is 0. The summed E-state index contributed by atoms with van der Waals surface area (Å²) in [6.45, 7) is 0. The highest BCUT2D eigenvalue weighted by Crippen LogP contribution is 2.52. The normalized spacial score (nSPS) is 12.8. The maximum atomic E-state index is 13.0. The fourth-order valence-corrected chi connectivity index (χ4v) is 1.15. The lowest BCUT2D eigenvalue weighted by molar-refractivity contribution is -0.289. The number of benzene rings is 1. The largest absolute Gasteiger partial charge is 0.506 e. The van der Waals surface area contributed by atoms with Crippen LogP contribution < -0.4 is 11.5 Å². The first-order chi connectivity index (χ1) is 7.50. The third-order valence-corrected chi connectivity index (χ3v) is 2.02. The molecule has 9 heteroatoms. The van der Waals surface area contributed by atoms with Gasteiger partial charge in [-0.2, -0.15) is 22.0 Å². The molecular weight excluding hydrogens is 251 g/mol. The average molecular weight is 258 g/mol. The highest BCUT2D eigenvalue weighted by atomic mass is 19.4. The Hall–Kier alpha value is -1.93. The van der Waals surface area contributed by atoms with Gasteiger partial charge in [0.05, 0.1) is 11.4 Å². The van der Waals surface area contributed by atoms with Crippen molar-refractivity contribution in [3.8, 4) is 11.5 Å². The lowest BCUT2D eigenvalue weighted by atomic mass is 10.0. The molecule has 0 aliphatic rings. The van der Waals surface area contributed by atoms with Gasteiger partial charge in [-0.1, -0.05) is 0 Å². The van der Waals surface area contributed by atoms with Crippen LogP contribution in [0.15, 0.2) is 6.07 Å². The second-order valence-corrected chi connectivity index (χ2v) is 3.19. The van der Waals surface area contributed by atoms with E-state index in [9.17, 15) is 22.0 Å². The van der Waals surface area contributed by atoms with E-state index in [2.05, 4.69) is 0 Å². The van der Waals surface area contributed by atoms with E-state index in [1.165, 1.54) is 0 Å². The SMILES string of the molecule is Nc1cc(O)c(N)c(C(F)(F)C(F)(F)F)c1O. The van der Waals surface area contributed by atoms with Crippen molar-refractivity contribution in [1.29, 1.82) is 0 Å². The molecule has 1 rings (SSSR count). The zero-order chi connectivity index (χ0) is 13.6. The van der Waals surface area contributed by atoms with Crippen LogP contribution in [-0.2, 0) is 5.92 Å². The number of alkyl halides is 5. The van der Waals surface area contributed by atoms with Gasteiger partial charge in [0.15, 0.2) is 0 Å². The zero-order valence-electron chi connectivity index (χ0n) is 8.02. The number of rotatable bonds is 1. The summed E-state index contributed by atoms with van der Waals surface area (Å²) >= 11 is 0. The number of phenolic OH excluding ortho intramolecular Hbond substituents is 2. The van der Waals surface area contributed by atoms with E-state index in [0.717, 1.165) is 0 Å². The van der Waals surface area contributed by atoms with Crippen LogP contribution in [0.1, 0.15) is 5.56 Å². The van der Waals surface area contributed by atoms with Crippen LogP contribution in [0, 0.1) is 0 Å². The summed E-state index contributed by atoms with van der Waals surface area (Å²) in [7, 11) is 0. The van der Waals surface area contributed by atoms with Crippen molar-refractivity contribution in [2.24, 2.45) is 0 Å². The van der Waals surface area contributed by atoms with Crippen molar-refractivity contribution in [1.82, 2.24) is 0 Å². The smallest absolute Gasteiger partial charge is 0.458 e. The van der Waals surface area contributed by atoms with Gasteiger partial charge in [-0.15, -0.1) is 0 Å². The summed E-state index contributed by atoms with van der Waals surface area (Å²) in [5.41, 5.74) is 5.78. The van der Waals surface area contributed by atoms with Crippen LogP contribution in [-0.4, -0.2) is 16.4 Å². The number of hydrogen-bond acceptors (Lipinski definition) is 4. The van der Waals surface area contributed by atoms with Crippen LogP contribution in [0.3, 0.4) is 0 Å². The van der Waals surface area contributed by atoms with E-state index in [4.69, 9.17) is 21.7 Å². The number of nitrogen functional groups attached to an aromatic ring is 2. The molecule has 96 valence electrons. The molecule has 0 bridgehead atoms. The van der Waals surface area contributed by atoms with Gasteiger partial charge < -0.3 is 21.7 Å². The second-order valence-electron chi connectivity index (χ2n) is 3.19. The van der Waals surface area contributed by atoms with Crippen molar-refractivity contribution in [2.75, 3.05) is 11.5 Å². The molecule has 0 saturated heterocycles. The number of phenols is 2. The van der Waals surface area contributed by atoms with Gasteiger partial charge in [-0.25, -0.2) is 0 Å². The summed E-state index contributed by atoms with van der Waals surface area (Å²) < 4.78 is 62.3. The minimum atomic E-state index is -5.97. The molecule has 0 fully saturated rings. The Morgan fingerprint density at radius 3 is 1.88 bits per heavy atom. The van der Waals surface area contributed by atoms with Crippen molar-refractivity contribution in [3.05, 3.63) is 11.6 Å². The monoisotopic (exact) mass is 258 g/mol. The molecule has 1 aromatic rings. The Kier molecular flexibility index (Phi) is 2.73. The molecule has 0 amide bonds. The van der Waals surface area contributed by atoms with Gasteiger partial charge in [0.25, 0.3) is 0 Å². The fourth-order valence-electron chi connectivity index (χ4n) is 1.15. The molecule has 0 aliphatic carbocycles. The number of halogens is 5. The molecule has 0 saturated carbocycles. The average Bonchev–Trinajstić information content (AvgIpc) is 2.13. The summed E-state index contributed by atoms with van der Waals surface area (Å²) in [5.74, 6) is -8.00. The Balaban J connectivity index is 3.62. The quantitative estimate of drug-likeness (QED) is 0.268. The van der Waals surface area contributed by atoms with Crippen LogP contribution in [0.25, 0.3) is 0 Å². The Morgan fingerprint density at radius 1 is 1.00 bits per heavy atom. The van der Waals surface area contributed by atoms with Crippen LogP contribution in [0.2, 0.25) is 0 Å². The number of aromatic hydroxyl groups is 2. The lowest BCUT2D eigenvalue weighted by Crippen LogP contribution is -2.34. The highest BCUT2D eigenvalue weighted by molar-refractivity contribution is 5.73. The Labute approximate surface area is 91.3 Å². The molecule has 6 N–H and O–H groups in total. The summed E-state index contributed by atoms with van der Waals surface area (Å²) in [6, 6.07) is 0.570. The minimum absolute atomic E-state index is 0.570. The first-order valence-corrected chi connectivity index (χ1v) is 4.05. The third kappa shape index (κ3) is 1.87. The molecule has 17 heavy (non-hydrogen) atoms. The molecule has 4 nitrogen and oxygen atoms in total. The topological polar surface area (TPSA) is 92.5 Å². The molecule has 0 unspecified atom stereocenters. The zero-order valence-corrected chi connectivity index (χ0v) is 8.02. The first kappa shape index (κ1) is 13.1. The van der Waals surface area contributed by atoms with E-state index in [1.807, 2.05) is 0 Å². The van der Waals surface area contributed by atoms with Gasteiger partial charge in [0.1, 0.15) is 17.1 Å². The number of hydrogen-bond donors (Lipinski definition) is 4. The fraction of sp³-hybridized carbons (Fsp3) is 0.250. The van der Waals surface area contributed by atoms with E-state index < -0.39 is 40.5 Å². The molecule has 0 radical (unpaired) electrons.